The Morgan fingerprint density at radius 3 is 2.50 bits per heavy atom. The number of hydrogen-bond donors (Lipinski definition) is 1. The molecule has 2 aliphatic rings. The van der Waals surface area contributed by atoms with Crippen LogP contribution < -0.4 is 5.32 Å². The van der Waals surface area contributed by atoms with Crippen molar-refractivity contribution in [2.45, 2.75) is 58.3 Å². The zero-order valence-corrected chi connectivity index (χ0v) is 12.3. The number of piperidine rings is 1. The van der Waals surface area contributed by atoms with Crippen LogP contribution in [0.2, 0.25) is 0 Å². The van der Waals surface area contributed by atoms with Crippen molar-refractivity contribution in [2.75, 3.05) is 32.7 Å². The average molecular weight is 252 g/mol. The van der Waals surface area contributed by atoms with E-state index in [4.69, 9.17) is 0 Å². The second-order valence-electron chi connectivity index (χ2n) is 6.41. The van der Waals surface area contributed by atoms with Crippen molar-refractivity contribution in [3.63, 3.8) is 0 Å². The highest BCUT2D eigenvalue weighted by molar-refractivity contribution is 4.73. The Morgan fingerprint density at radius 2 is 1.72 bits per heavy atom. The summed E-state index contributed by atoms with van der Waals surface area (Å²) in [7, 11) is 0. The van der Waals surface area contributed by atoms with Crippen LogP contribution >= 0.6 is 0 Å². The Hall–Kier alpha value is -0.0800. The molecule has 0 aromatic rings. The van der Waals surface area contributed by atoms with Crippen LogP contribution in [-0.2, 0) is 0 Å². The van der Waals surface area contributed by atoms with E-state index in [9.17, 15) is 0 Å². The molecule has 2 fully saturated rings. The third-order valence-electron chi connectivity index (χ3n) is 4.95. The first-order valence-electron chi connectivity index (χ1n) is 8.31. The molecule has 0 amide bonds. The molecule has 2 heteroatoms. The maximum absolute atomic E-state index is 3.47. The summed E-state index contributed by atoms with van der Waals surface area (Å²) in [5.41, 5.74) is 0. The molecular formula is C16H32N2. The summed E-state index contributed by atoms with van der Waals surface area (Å²) in [6.07, 6.45) is 11.5. The van der Waals surface area contributed by atoms with Gasteiger partial charge >= 0.3 is 0 Å². The molecule has 1 N–H and O–H groups in total. The molecule has 0 aromatic heterocycles. The van der Waals surface area contributed by atoms with Crippen molar-refractivity contribution in [3.05, 3.63) is 0 Å². The Labute approximate surface area is 114 Å². The van der Waals surface area contributed by atoms with Gasteiger partial charge in [0, 0.05) is 0 Å². The number of rotatable bonds is 5. The van der Waals surface area contributed by atoms with Crippen molar-refractivity contribution < 1.29 is 0 Å². The highest BCUT2D eigenvalue weighted by atomic mass is 15.1. The molecular weight excluding hydrogens is 220 g/mol. The molecule has 0 radical (unpaired) electrons. The summed E-state index contributed by atoms with van der Waals surface area (Å²) in [4.78, 5) is 2.75. The predicted molar refractivity (Wildman–Crippen MR) is 78.9 cm³/mol. The fourth-order valence-corrected chi connectivity index (χ4v) is 3.68. The van der Waals surface area contributed by atoms with Gasteiger partial charge in [-0.1, -0.05) is 19.8 Å². The SMILES string of the molecule is CCCC1CCCN(CCC2CCNCC2)CC1. The molecule has 0 bridgehead atoms. The normalized spacial score (nSPS) is 28.2. The second kappa shape index (κ2) is 8.16. The van der Waals surface area contributed by atoms with Gasteiger partial charge in [0.2, 0.25) is 0 Å². The van der Waals surface area contributed by atoms with Gasteiger partial charge in [-0.25, -0.2) is 0 Å². The van der Waals surface area contributed by atoms with Crippen LogP contribution in [-0.4, -0.2) is 37.6 Å². The van der Waals surface area contributed by atoms with Crippen LogP contribution in [0.25, 0.3) is 0 Å². The molecule has 2 nitrogen and oxygen atoms in total. The molecule has 18 heavy (non-hydrogen) atoms. The predicted octanol–water partition coefficient (Wildman–Crippen LogP) is 3.28. The quantitative estimate of drug-likeness (QED) is 0.808. The molecule has 0 spiro atoms. The highest BCUT2D eigenvalue weighted by Crippen LogP contribution is 2.23. The molecule has 0 aliphatic carbocycles. The first-order valence-corrected chi connectivity index (χ1v) is 8.31. The molecule has 1 atom stereocenters. The van der Waals surface area contributed by atoms with Gasteiger partial charge in [-0.15, -0.1) is 0 Å². The molecule has 0 saturated carbocycles. The van der Waals surface area contributed by atoms with E-state index >= 15 is 0 Å². The molecule has 2 aliphatic heterocycles. The van der Waals surface area contributed by atoms with Gasteiger partial charge in [0.25, 0.3) is 0 Å². The summed E-state index contributed by atoms with van der Waals surface area (Å²) in [6.45, 7) is 8.94. The minimum absolute atomic E-state index is 1.00. The molecule has 2 heterocycles. The van der Waals surface area contributed by atoms with E-state index in [-0.39, 0.29) is 0 Å². The zero-order chi connectivity index (χ0) is 12.6. The second-order valence-corrected chi connectivity index (χ2v) is 6.41. The standard InChI is InChI=1S/C16H32N2/c1-2-4-15-5-3-12-18(13-8-15)14-9-16-6-10-17-11-7-16/h15-17H,2-14H2,1H3. The lowest BCUT2D eigenvalue weighted by Crippen LogP contribution is -2.32. The number of hydrogen-bond acceptors (Lipinski definition) is 2. The largest absolute Gasteiger partial charge is 0.317 e. The summed E-state index contributed by atoms with van der Waals surface area (Å²) in [6, 6.07) is 0. The first-order chi connectivity index (χ1) is 8.88. The van der Waals surface area contributed by atoms with E-state index in [1.54, 1.807) is 0 Å². The maximum atomic E-state index is 3.47. The van der Waals surface area contributed by atoms with E-state index in [1.807, 2.05) is 0 Å². The van der Waals surface area contributed by atoms with Crippen LogP contribution in [0.15, 0.2) is 0 Å². The number of nitrogens with zero attached hydrogens (tertiary/aromatic N) is 1. The first kappa shape index (κ1) is 14.3. The van der Waals surface area contributed by atoms with Gasteiger partial charge in [0.1, 0.15) is 0 Å². The van der Waals surface area contributed by atoms with Crippen molar-refractivity contribution in [2.24, 2.45) is 11.8 Å². The van der Waals surface area contributed by atoms with Crippen molar-refractivity contribution in [1.82, 2.24) is 10.2 Å². The fourth-order valence-electron chi connectivity index (χ4n) is 3.68. The monoisotopic (exact) mass is 252 g/mol. The highest BCUT2D eigenvalue weighted by Gasteiger charge is 2.18. The Morgan fingerprint density at radius 1 is 0.944 bits per heavy atom. The topological polar surface area (TPSA) is 15.3 Å². The molecule has 106 valence electrons. The third kappa shape index (κ3) is 4.89. The third-order valence-corrected chi connectivity index (χ3v) is 4.95. The van der Waals surface area contributed by atoms with Crippen LogP contribution in [0.3, 0.4) is 0 Å². The summed E-state index contributed by atoms with van der Waals surface area (Å²) < 4.78 is 0. The molecule has 2 saturated heterocycles. The van der Waals surface area contributed by atoms with Crippen molar-refractivity contribution in [1.29, 1.82) is 0 Å². The summed E-state index contributed by atoms with van der Waals surface area (Å²) in [5, 5.41) is 3.47. The molecule has 1 unspecified atom stereocenters. The van der Waals surface area contributed by atoms with E-state index in [0.717, 1.165) is 11.8 Å². The van der Waals surface area contributed by atoms with Crippen molar-refractivity contribution in [3.8, 4) is 0 Å². The van der Waals surface area contributed by atoms with E-state index in [0.29, 0.717) is 0 Å². The fraction of sp³-hybridized carbons (Fsp3) is 1.00. The lowest BCUT2D eigenvalue weighted by molar-refractivity contribution is 0.239. The minimum atomic E-state index is 1.00. The Kier molecular flexibility index (Phi) is 6.50. The van der Waals surface area contributed by atoms with Gasteiger partial charge < -0.3 is 10.2 Å². The molecule has 2 rings (SSSR count). The Balaban J connectivity index is 1.63. The van der Waals surface area contributed by atoms with Gasteiger partial charge in [-0.05, 0) is 83.1 Å². The molecule has 0 aromatic carbocycles. The van der Waals surface area contributed by atoms with Crippen LogP contribution in [0.1, 0.15) is 58.3 Å². The average Bonchev–Trinajstić information content (AvgIpc) is 2.64. The minimum Gasteiger partial charge on any atom is -0.317 e. The maximum Gasteiger partial charge on any atom is -0.00161 e. The summed E-state index contributed by atoms with van der Waals surface area (Å²) >= 11 is 0. The van der Waals surface area contributed by atoms with Gasteiger partial charge in [-0.2, -0.15) is 0 Å². The number of nitrogens with one attached hydrogen (secondary N) is 1. The van der Waals surface area contributed by atoms with E-state index in [2.05, 4.69) is 17.1 Å². The van der Waals surface area contributed by atoms with Gasteiger partial charge in [0.05, 0.1) is 0 Å². The Bertz CT molecular complexity index is 211. The lowest BCUT2D eigenvalue weighted by Gasteiger charge is -2.26. The smallest absolute Gasteiger partial charge is 0.00161 e. The summed E-state index contributed by atoms with van der Waals surface area (Å²) in [5.74, 6) is 2.03. The van der Waals surface area contributed by atoms with Gasteiger partial charge in [0.15, 0.2) is 0 Å². The lowest BCUT2D eigenvalue weighted by atomic mass is 9.94. The van der Waals surface area contributed by atoms with Crippen LogP contribution in [0.5, 0.6) is 0 Å². The van der Waals surface area contributed by atoms with Gasteiger partial charge in [-0.3, -0.25) is 0 Å². The zero-order valence-electron chi connectivity index (χ0n) is 12.3. The van der Waals surface area contributed by atoms with Crippen LogP contribution in [0, 0.1) is 11.8 Å². The van der Waals surface area contributed by atoms with Crippen LogP contribution in [0.4, 0.5) is 0 Å². The van der Waals surface area contributed by atoms with Crippen molar-refractivity contribution >= 4 is 0 Å². The van der Waals surface area contributed by atoms with E-state index in [1.165, 1.54) is 84.1 Å². The van der Waals surface area contributed by atoms with E-state index < -0.39 is 0 Å². The number of likely N-dealkylation sites (tertiary alicyclic amines) is 1.